The van der Waals surface area contributed by atoms with Crippen molar-refractivity contribution in [2.75, 3.05) is 11.9 Å². The topological polar surface area (TPSA) is 73.3 Å². The molecule has 1 aromatic heterocycles. The summed E-state index contributed by atoms with van der Waals surface area (Å²) in [4.78, 5) is 20.7. The van der Waals surface area contributed by atoms with E-state index >= 15 is 0 Å². The molecule has 0 radical (unpaired) electrons. The average molecular weight is 347 g/mol. The molecule has 0 spiro atoms. The van der Waals surface area contributed by atoms with E-state index in [0.29, 0.717) is 24.5 Å². The molecule has 2 heterocycles. The minimum Gasteiger partial charge on any atom is -0.493 e. The molecule has 6 heteroatoms. The predicted molar refractivity (Wildman–Crippen MR) is 96.5 cm³/mol. The molecule has 6 nitrogen and oxygen atoms in total. The van der Waals surface area contributed by atoms with Gasteiger partial charge in [-0.3, -0.25) is 4.79 Å². The van der Waals surface area contributed by atoms with Crippen molar-refractivity contribution in [2.45, 2.75) is 12.3 Å². The molecule has 26 heavy (non-hydrogen) atoms. The van der Waals surface area contributed by atoms with Gasteiger partial charge in [0.15, 0.2) is 0 Å². The number of aromatic nitrogens is 2. The highest BCUT2D eigenvalue weighted by atomic mass is 16.5. The average Bonchev–Trinajstić information content (AvgIpc) is 2.70. The summed E-state index contributed by atoms with van der Waals surface area (Å²) in [6, 6.07) is 16.8. The van der Waals surface area contributed by atoms with Crippen molar-refractivity contribution in [3.63, 3.8) is 0 Å². The van der Waals surface area contributed by atoms with Crippen molar-refractivity contribution in [3.8, 4) is 17.5 Å². The van der Waals surface area contributed by atoms with Crippen molar-refractivity contribution in [2.24, 2.45) is 0 Å². The molecule has 0 aliphatic carbocycles. The van der Waals surface area contributed by atoms with Crippen LogP contribution in [-0.4, -0.2) is 22.5 Å². The van der Waals surface area contributed by atoms with Crippen LogP contribution in [0.15, 0.2) is 67.0 Å². The number of carbonyl (C=O) groups excluding carboxylic acids is 1. The zero-order valence-corrected chi connectivity index (χ0v) is 14.0. The summed E-state index contributed by atoms with van der Waals surface area (Å²) in [5, 5.41) is 2.96. The third-order valence-electron chi connectivity index (χ3n) is 4.15. The minimum atomic E-state index is -0.214. The van der Waals surface area contributed by atoms with Gasteiger partial charge in [-0.25, -0.2) is 9.97 Å². The minimum absolute atomic E-state index is 0.0409. The van der Waals surface area contributed by atoms with Crippen LogP contribution in [0.5, 0.6) is 17.5 Å². The fourth-order valence-electron chi connectivity index (χ4n) is 2.89. The number of amides is 1. The van der Waals surface area contributed by atoms with Crippen molar-refractivity contribution < 1.29 is 14.3 Å². The summed E-state index contributed by atoms with van der Waals surface area (Å²) in [6.45, 7) is 0.541. The maximum atomic E-state index is 12.7. The van der Waals surface area contributed by atoms with Crippen LogP contribution in [0.4, 0.5) is 5.69 Å². The molecular weight excluding hydrogens is 330 g/mol. The lowest BCUT2D eigenvalue weighted by molar-refractivity contribution is -0.118. The smallest absolute Gasteiger partial charge is 0.321 e. The Morgan fingerprint density at radius 1 is 1.04 bits per heavy atom. The third kappa shape index (κ3) is 3.49. The fourth-order valence-corrected chi connectivity index (χ4v) is 2.89. The van der Waals surface area contributed by atoms with Crippen LogP contribution in [0.3, 0.4) is 0 Å². The second kappa shape index (κ2) is 7.23. The molecule has 1 aliphatic heterocycles. The van der Waals surface area contributed by atoms with Gasteiger partial charge < -0.3 is 14.8 Å². The van der Waals surface area contributed by atoms with Crippen LogP contribution in [0.2, 0.25) is 0 Å². The predicted octanol–water partition coefficient (Wildman–Crippen LogP) is 3.77. The van der Waals surface area contributed by atoms with Crippen molar-refractivity contribution >= 4 is 11.6 Å². The fraction of sp³-hybridized carbons (Fsp3) is 0.150. The van der Waals surface area contributed by atoms with E-state index in [9.17, 15) is 4.79 Å². The Labute approximate surface area is 150 Å². The Balaban J connectivity index is 1.44. The molecular formula is C20H17N3O3. The largest absolute Gasteiger partial charge is 0.493 e. The molecule has 1 aliphatic rings. The van der Waals surface area contributed by atoms with Crippen LogP contribution >= 0.6 is 0 Å². The third-order valence-corrected chi connectivity index (χ3v) is 4.15. The van der Waals surface area contributed by atoms with E-state index in [1.165, 1.54) is 0 Å². The first-order valence-electron chi connectivity index (χ1n) is 8.37. The van der Waals surface area contributed by atoms with E-state index in [4.69, 9.17) is 9.47 Å². The number of ether oxygens (including phenoxy) is 2. The molecule has 1 amide bonds. The first-order valence-corrected chi connectivity index (χ1v) is 8.37. The van der Waals surface area contributed by atoms with E-state index in [1.807, 2.05) is 24.3 Å². The van der Waals surface area contributed by atoms with Crippen LogP contribution < -0.4 is 14.8 Å². The summed E-state index contributed by atoms with van der Waals surface area (Å²) < 4.78 is 11.2. The number of fused-ring (bicyclic) bond motifs is 1. The zero-order valence-electron chi connectivity index (χ0n) is 14.0. The Kier molecular flexibility index (Phi) is 4.47. The first-order chi connectivity index (χ1) is 12.8. The van der Waals surface area contributed by atoms with E-state index < -0.39 is 0 Å². The Morgan fingerprint density at radius 3 is 2.62 bits per heavy atom. The Bertz CT molecular complexity index is 898. The molecule has 1 unspecified atom stereocenters. The maximum absolute atomic E-state index is 12.7. The highest BCUT2D eigenvalue weighted by Crippen LogP contribution is 2.34. The van der Waals surface area contributed by atoms with E-state index in [2.05, 4.69) is 15.3 Å². The zero-order chi connectivity index (χ0) is 17.8. The van der Waals surface area contributed by atoms with Gasteiger partial charge >= 0.3 is 6.01 Å². The van der Waals surface area contributed by atoms with Gasteiger partial charge in [-0.15, -0.1) is 0 Å². The highest BCUT2D eigenvalue weighted by molar-refractivity contribution is 5.96. The van der Waals surface area contributed by atoms with Gasteiger partial charge in [0.25, 0.3) is 0 Å². The molecule has 1 N–H and O–H groups in total. The summed E-state index contributed by atoms with van der Waals surface area (Å²) in [7, 11) is 0. The SMILES string of the molecule is O=C(Nc1ccc(Oc2ncccn2)cc1)C1CCOc2ccccc21. The number of nitrogens with one attached hydrogen (secondary N) is 1. The van der Waals surface area contributed by atoms with Crippen LogP contribution in [0, 0.1) is 0 Å². The van der Waals surface area contributed by atoms with Crippen molar-refractivity contribution in [1.29, 1.82) is 0 Å². The highest BCUT2D eigenvalue weighted by Gasteiger charge is 2.27. The molecule has 0 saturated carbocycles. The molecule has 3 aromatic rings. The Morgan fingerprint density at radius 2 is 1.81 bits per heavy atom. The van der Waals surface area contributed by atoms with Gasteiger partial charge in [0.05, 0.1) is 12.5 Å². The second-order valence-corrected chi connectivity index (χ2v) is 5.87. The molecule has 0 saturated heterocycles. The van der Waals surface area contributed by atoms with Crippen LogP contribution in [-0.2, 0) is 4.79 Å². The molecule has 2 aromatic carbocycles. The number of nitrogens with zero attached hydrogens (tertiary/aromatic N) is 2. The normalized spacial score (nSPS) is 15.5. The van der Waals surface area contributed by atoms with E-state index in [0.717, 1.165) is 11.3 Å². The van der Waals surface area contributed by atoms with Crippen LogP contribution in [0.1, 0.15) is 17.9 Å². The number of hydrogen-bond acceptors (Lipinski definition) is 5. The molecule has 130 valence electrons. The van der Waals surface area contributed by atoms with Gasteiger partial charge in [-0.2, -0.15) is 0 Å². The number of benzene rings is 2. The molecule has 0 bridgehead atoms. The van der Waals surface area contributed by atoms with Gasteiger partial charge in [0, 0.05) is 23.6 Å². The number of anilines is 1. The quantitative estimate of drug-likeness (QED) is 0.778. The number of para-hydroxylation sites is 1. The van der Waals surface area contributed by atoms with E-state index in [1.54, 1.807) is 42.7 Å². The lowest BCUT2D eigenvalue weighted by Crippen LogP contribution is -2.26. The standard InChI is InChI=1S/C20H17N3O3/c24-19(17-10-13-25-18-5-2-1-4-16(17)18)23-14-6-8-15(9-7-14)26-20-21-11-3-12-22-20/h1-9,11-12,17H,10,13H2,(H,23,24). The lowest BCUT2D eigenvalue weighted by atomic mass is 9.92. The Hall–Kier alpha value is -3.41. The molecule has 0 fully saturated rings. The molecule has 1 atom stereocenters. The van der Waals surface area contributed by atoms with Gasteiger partial charge in [0.1, 0.15) is 11.5 Å². The molecule has 4 rings (SSSR count). The van der Waals surface area contributed by atoms with Crippen molar-refractivity contribution in [3.05, 3.63) is 72.6 Å². The van der Waals surface area contributed by atoms with Crippen LogP contribution in [0.25, 0.3) is 0 Å². The monoisotopic (exact) mass is 347 g/mol. The van der Waals surface area contributed by atoms with Gasteiger partial charge in [0.2, 0.25) is 5.91 Å². The summed E-state index contributed by atoms with van der Waals surface area (Å²) in [5.74, 6) is 1.13. The summed E-state index contributed by atoms with van der Waals surface area (Å²) >= 11 is 0. The number of hydrogen-bond donors (Lipinski definition) is 1. The summed E-state index contributed by atoms with van der Waals surface area (Å²) in [6.07, 6.45) is 3.89. The second-order valence-electron chi connectivity index (χ2n) is 5.87. The summed E-state index contributed by atoms with van der Waals surface area (Å²) in [5.41, 5.74) is 1.64. The number of carbonyl (C=O) groups is 1. The maximum Gasteiger partial charge on any atom is 0.321 e. The van der Waals surface area contributed by atoms with Gasteiger partial charge in [-0.05, 0) is 42.8 Å². The van der Waals surface area contributed by atoms with Gasteiger partial charge in [-0.1, -0.05) is 18.2 Å². The first kappa shape index (κ1) is 16.1. The lowest BCUT2D eigenvalue weighted by Gasteiger charge is -2.25. The van der Waals surface area contributed by atoms with E-state index in [-0.39, 0.29) is 17.8 Å². The number of rotatable bonds is 4. The van der Waals surface area contributed by atoms with Crippen molar-refractivity contribution in [1.82, 2.24) is 9.97 Å².